The summed E-state index contributed by atoms with van der Waals surface area (Å²) in [6.07, 6.45) is 4.23. The quantitative estimate of drug-likeness (QED) is 0.306. The van der Waals surface area contributed by atoms with Crippen molar-refractivity contribution in [3.63, 3.8) is 0 Å². The van der Waals surface area contributed by atoms with Crippen molar-refractivity contribution in [1.82, 2.24) is 5.32 Å². The second-order valence-corrected chi connectivity index (χ2v) is 5.67. The van der Waals surface area contributed by atoms with Crippen molar-refractivity contribution >= 4 is 11.7 Å². The molecule has 0 radical (unpaired) electrons. The number of hydrogen-bond donors (Lipinski definition) is 3. The van der Waals surface area contributed by atoms with Crippen LogP contribution in [0.1, 0.15) is 39.0 Å². The van der Waals surface area contributed by atoms with E-state index in [4.69, 9.17) is 15.7 Å². The van der Waals surface area contributed by atoms with Crippen LogP contribution in [0.5, 0.6) is 0 Å². The van der Waals surface area contributed by atoms with Gasteiger partial charge in [0.25, 0.3) is 0 Å². The summed E-state index contributed by atoms with van der Waals surface area (Å²) >= 11 is 0. The number of hydrogen-bond acceptors (Lipinski definition) is 4. The molecule has 4 N–H and O–H groups in total. The standard InChI is InChI=1S/C13H23N3O3/c1-9-3-2-4-10(9)15-12(17)13(11(14)16-18)5-7-19-8-6-13/h9-10,18H,2-8H2,1H3,(H2,14,16)(H,15,17). The van der Waals surface area contributed by atoms with E-state index in [2.05, 4.69) is 17.4 Å². The van der Waals surface area contributed by atoms with Crippen LogP contribution in [0, 0.1) is 11.3 Å². The molecule has 0 aromatic heterocycles. The van der Waals surface area contributed by atoms with Crippen molar-refractivity contribution in [3.8, 4) is 0 Å². The fourth-order valence-corrected chi connectivity index (χ4v) is 3.08. The average molecular weight is 269 g/mol. The molecule has 108 valence electrons. The lowest BCUT2D eigenvalue weighted by Gasteiger charge is -2.35. The topological polar surface area (TPSA) is 96.9 Å². The fourth-order valence-electron chi connectivity index (χ4n) is 3.08. The number of oxime groups is 1. The summed E-state index contributed by atoms with van der Waals surface area (Å²) < 4.78 is 5.29. The van der Waals surface area contributed by atoms with Gasteiger partial charge in [0.15, 0.2) is 5.84 Å². The maximum Gasteiger partial charge on any atom is 0.234 e. The Hall–Kier alpha value is -1.30. The van der Waals surface area contributed by atoms with E-state index in [9.17, 15) is 4.79 Å². The van der Waals surface area contributed by atoms with Crippen LogP contribution < -0.4 is 11.1 Å². The van der Waals surface area contributed by atoms with Crippen LogP contribution in [0.25, 0.3) is 0 Å². The van der Waals surface area contributed by atoms with Crippen molar-refractivity contribution < 1.29 is 14.7 Å². The number of rotatable bonds is 3. The zero-order valence-corrected chi connectivity index (χ0v) is 11.4. The van der Waals surface area contributed by atoms with Crippen molar-refractivity contribution in [1.29, 1.82) is 0 Å². The molecule has 2 unspecified atom stereocenters. The summed E-state index contributed by atoms with van der Waals surface area (Å²) in [5.74, 6) is 0.372. The Morgan fingerprint density at radius 1 is 1.42 bits per heavy atom. The molecule has 1 aliphatic carbocycles. The minimum Gasteiger partial charge on any atom is -0.409 e. The Morgan fingerprint density at radius 3 is 2.63 bits per heavy atom. The lowest BCUT2D eigenvalue weighted by Crippen LogP contribution is -2.55. The van der Waals surface area contributed by atoms with E-state index >= 15 is 0 Å². The highest BCUT2D eigenvalue weighted by Gasteiger charge is 2.45. The third-order valence-corrected chi connectivity index (χ3v) is 4.56. The van der Waals surface area contributed by atoms with Gasteiger partial charge in [0.2, 0.25) is 5.91 Å². The molecule has 1 saturated carbocycles. The maximum atomic E-state index is 12.6. The predicted molar refractivity (Wildman–Crippen MR) is 70.8 cm³/mol. The first-order chi connectivity index (χ1) is 9.10. The molecular weight excluding hydrogens is 246 g/mol. The van der Waals surface area contributed by atoms with Crippen LogP contribution in [0.15, 0.2) is 5.16 Å². The molecule has 1 heterocycles. The number of carbonyl (C=O) groups excluding carboxylic acids is 1. The van der Waals surface area contributed by atoms with E-state index < -0.39 is 5.41 Å². The molecule has 0 bridgehead atoms. The molecule has 2 aliphatic rings. The van der Waals surface area contributed by atoms with Crippen molar-refractivity contribution in [2.75, 3.05) is 13.2 Å². The number of nitrogens with two attached hydrogens (primary N) is 1. The minimum absolute atomic E-state index is 0.000972. The van der Waals surface area contributed by atoms with Gasteiger partial charge in [0, 0.05) is 19.3 Å². The van der Waals surface area contributed by atoms with Crippen LogP contribution in [-0.2, 0) is 9.53 Å². The molecule has 0 spiro atoms. The molecular formula is C13H23N3O3. The van der Waals surface area contributed by atoms with Gasteiger partial charge in [-0.25, -0.2) is 0 Å². The van der Waals surface area contributed by atoms with E-state index in [1.54, 1.807) is 0 Å². The van der Waals surface area contributed by atoms with Crippen LogP contribution >= 0.6 is 0 Å². The molecule has 1 saturated heterocycles. The second-order valence-electron chi connectivity index (χ2n) is 5.67. The number of carbonyl (C=O) groups is 1. The number of ether oxygens (including phenoxy) is 1. The van der Waals surface area contributed by atoms with E-state index in [0.717, 1.165) is 19.3 Å². The maximum absolute atomic E-state index is 12.6. The summed E-state index contributed by atoms with van der Waals surface area (Å²) in [7, 11) is 0. The SMILES string of the molecule is CC1CCCC1NC(=O)C1(C(N)=NO)CCOCC1. The number of amidine groups is 1. The second kappa shape index (κ2) is 5.77. The molecule has 0 aromatic carbocycles. The Bertz CT molecular complexity index is 364. The van der Waals surface area contributed by atoms with Crippen LogP contribution in [0.3, 0.4) is 0 Å². The molecule has 2 atom stereocenters. The molecule has 2 fully saturated rings. The lowest BCUT2D eigenvalue weighted by atomic mass is 9.77. The normalized spacial score (nSPS) is 31.1. The first-order valence-corrected chi connectivity index (χ1v) is 6.97. The minimum atomic E-state index is -0.907. The van der Waals surface area contributed by atoms with Gasteiger partial charge in [-0.3, -0.25) is 4.79 Å². The lowest BCUT2D eigenvalue weighted by molar-refractivity contribution is -0.132. The fraction of sp³-hybridized carbons (Fsp3) is 0.846. The van der Waals surface area contributed by atoms with E-state index in [1.807, 2.05) is 0 Å². The summed E-state index contributed by atoms with van der Waals surface area (Å²) in [5.41, 5.74) is 4.87. The summed E-state index contributed by atoms with van der Waals surface area (Å²) in [4.78, 5) is 12.6. The van der Waals surface area contributed by atoms with Gasteiger partial charge in [0.1, 0.15) is 5.41 Å². The molecule has 1 amide bonds. The molecule has 2 rings (SSSR count). The first kappa shape index (κ1) is 14.1. The molecule has 6 heteroatoms. The van der Waals surface area contributed by atoms with Crippen molar-refractivity contribution in [2.45, 2.75) is 45.1 Å². The van der Waals surface area contributed by atoms with Gasteiger partial charge in [-0.2, -0.15) is 0 Å². The summed E-state index contributed by atoms with van der Waals surface area (Å²) in [6, 6.07) is 0.207. The number of nitrogens with zero attached hydrogens (tertiary/aromatic N) is 1. The highest BCUT2D eigenvalue weighted by atomic mass is 16.5. The molecule has 19 heavy (non-hydrogen) atoms. The number of nitrogens with one attached hydrogen (secondary N) is 1. The van der Waals surface area contributed by atoms with E-state index in [1.165, 1.54) is 0 Å². The van der Waals surface area contributed by atoms with Gasteiger partial charge >= 0.3 is 0 Å². The van der Waals surface area contributed by atoms with Crippen LogP contribution in [-0.4, -0.2) is 36.2 Å². The first-order valence-electron chi connectivity index (χ1n) is 6.97. The monoisotopic (exact) mass is 269 g/mol. The van der Waals surface area contributed by atoms with Crippen molar-refractivity contribution in [3.05, 3.63) is 0 Å². The zero-order chi connectivity index (χ0) is 13.9. The number of amides is 1. The highest BCUT2D eigenvalue weighted by Crippen LogP contribution is 2.33. The van der Waals surface area contributed by atoms with Gasteiger partial charge < -0.3 is 21.0 Å². The van der Waals surface area contributed by atoms with Gasteiger partial charge in [0.05, 0.1) is 0 Å². The predicted octanol–water partition coefficient (Wildman–Crippen LogP) is 0.834. The van der Waals surface area contributed by atoms with Crippen molar-refractivity contribution in [2.24, 2.45) is 22.2 Å². The van der Waals surface area contributed by atoms with E-state index in [-0.39, 0.29) is 17.8 Å². The Labute approximate surface area is 113 Å². The summed E-state index contributed by atoms with van der Waals surface area (Å²) in [6.45, 7) is 3.08. The van der Waals surface area contributed by atoms with Gasteiger partial charge in [-0.15, -0.1) is 0 Å². The molecule has 6 nitrogen and oxygen atoms in total. The average Bonchev–Trinajstić information content (AvgIpc) is 2.84. The zero-order valence-electron chi connectivity index (χ0n) is 11.4. The summed E-state index contributed by atoms with van der Waals surface area (Å²) in [5, 5.41) is 15.1. The van der Waals surface area contributed by atoms with Gasteiger partial charge in [-0.1, -0.05) is 18.5 Å². The Balaban J connectivity index is 2.11. The third-order valence-electron chi connectivity index (χ3n) is 4.56. The third kappa shape index (κ3) is 2.68. The van der Waals surface area contributed by atoms with E-state index in [0.29, 0.717) is 32.0 Å². The largest absolute Gasteiger partial charge is 0.409 e. The van der Waals surface area contributed by atoms with Crippen LogP contribution in [0.2, 0.25) is 0 Å². The molecule has 0 aromatic rings. The Kier molecular flexibility index (Phi) is 4.29. The smallest absolute Gasteiger partial charge is 0.234 e. The molecule has 1 aliphatic heterocycles. The Morgan fingerprint density at radius 2 is 2.11 bits per heavy atom. The highest BCUT2D eigenvalue weighted by molar-refractivity contribution is 6.06. The van der Waals surface area contributed by atoms with Crippen LogP contribution in [0.4, 0.5) is 0 Å². The van der Waals surface area contributed by atoms with Gasteiger partial charge in [-0.05, 0) is 31.6 Å².